The van der Waals surface area contributed by atoms with Crippen LogP contribution in [0.2, 0.25) is 0 Å². The Bertz CT molecular complexity index is 1130. The summed E-state index contributed by atoms with van der Waals surface area (Å²) in [6.45, 7) is 0.715. The summed E-state index contributed by atoms with van der Waals surface area (Å²) in [5.41, 5.74) is 1.76. The molecule has 146 valence electrons. The van der Waals surface area contributed by atoms with E-state index >= 15 is 0 Å². The summed E-state index contributed by atoms with van der Waals surface area (Å²) < 4.78 is 38.5. The molecule has 1 fully saturated rings. The van der Waals surface area contributed by atoms with Crippen LogP contribution in [0.4, 0.5) is 5.69 Å². The van der Waals surface area contributed by atoms with Crippen molar-refractivity contribution in [3.8, 4) is 0 Å². The lowest BCUT2D eigenvalue weighted by atomic mass is 10.2. The molecule has 9 heteroatoms. The number of nitrogens with one attached hydrogen (secondary N) is 2. The average Bonchev–Trinajstić information content (AvgIpc) is 3.36. The molecule has 3 aromatic rings. The Morgan fingerprint density at radius 1 is 1.29 bits per heavy atom. The molecule has 4 rings (SSSR count). The standard InChI is InChI=1S/C19H19N3O5S/c1-26-19(23)13-5-2-3-7-17(13)28(24,25)22-12-8-9-14-15(11-12)21-18(20-14)16-6-4-10-27-16/h2-3,5,7-9,11,16,22H,4,6,10H2,1H3,(H,20,21). The predicted molar refractivity (Wildman–Crippen MR) is 103 cm³/mol. The smallest absolute Gasteiger partial charge is 0.339 e. The summed E-state index contributed by atoms with van der Waals surface area (Å²) in [5.74, 6) is 0.0229. The van der Waals surface area contributed by atoms with Crippen LogP contribution in [0, 0.1) is 0 Å². The van der Waals surface area contributed by atoms with Gasteiger partial charge in [0.1, 0.15) is 16.8 Å². The van der Waals surface area contributed by atoms with Crippen LogP contribution in [0.15, 0.2) is 47.4 Å². The maximum atomic E-state index is 12.8. The fourth-order valence-electron chi connectivity index (χ4n) is 3.23. The molecule has 0 aliphatic carbocycles. The molecule has 28 heavy (non-hydrogen) atoms. The van der Waals surface area contributed by atoms with E-state index in [4.69, 9.17) is 4.74 Å². The second kappa shape index (κ2) is 7.25. The van der Waals surface area contributed by atoms with Gasteiger partial charge in [-0.3, -0.25) is 4.72 Å². The number of H-pyrrole nitrogens is 1. The number of hydrogen-bond donors (Lipinski definition) is 2. The van der Waals surface area contributed by atoms with Gasteiger partial charge in [0.05, 0.1) is 29.4 Å². The number of aromatic nitrogens is 2. The van der Waals surface area contributed by atoms with E-state index in [0.29, 0.717) is 17.8 Å². The van der Waals surface area contributed by atoms with Crippen molar-refractivity contribution in [1.29, 1.82) is 0 Å². The molecule has 2 aromatic carbocycles. The molecule has 0 radical (unpaired) electrons. The van der Waals surface area contributed by atoms with E-state index in [1.165, 1.54) is 19.2 Å². The quantitative estimate of drug-likeness (QED) is 0.636. The van der Waals surface area contributed by atoms with E-state index in [2.05, 4.69) is 19.4 Å². The van der Waals surface area contributed by atoms with Crippen molar-refractivity contribution in [2.24, 2.45) is 0 Å². The lowest BCUT2D eigenvalue weighted by Crippen LogP contribution is -2.17. The molecule has 1 unspecified atom stereocenters. The van der Waals surface area contributed by atoms with Crippen molar-refractivity contribution in [3.63, 3.8) is 0 Å². The summed E-state index contributed by atoms with van der Waals surface area (Å²) in [6.07, 6.45) is 1.84. The zero-order valence-corrected chi connectivity index (χ0v) is 16.0. The fourth-order valence-corrected chi connectivity index (χ4v) is 4.47. The number of esters is 1. The molecule has 0 saturated carbocycles. The number of carbonyl (C=O) groups excluding carboxylic acids is 1. The highest BCUT2D eigenvalue weighted by Gasteiger charge is 2.24. The molecule has 1 atom stereocenters. The molecule has 1 aliphatic rings. The largest absolute Gasteiger partial charge is 0.465 e. The number of anilines is 1. The van der Waals surface area contributed by atoms with Crippen molar-refractivity contribution >= 4 is 32.7 Å². The second-order valence-corrected chi connectivity index (χ2v) is 8.10. The van der Waals surface area contributed by atoms with Gasteiger partial charge >= 0.3 is 5.97 Å². The first-order valence-electron chi connectivity index (χ1n) is 8.79. The highest BCUT2D eigenvalue weighted by molar-refractivity contribution is 7.92. The summed E-state index contributed by atoms with van der Waals surface area (Å²) in [7, 11) is -2.78. The Hall–Kier alpha value is -2.91. The number of nitrogens with zero attached hydrogens (tertiary/aromatic N) is 1. The number of hydrogen-bond acceptors (Lipinski definition) is 6. The number of imidazole rings is 1. The summed E-state index contributed by atoms with van der Waals surface area (Å²) in [6, 6.07) is 10.9. The van der Waals surface area contributed by atoms with Gasteiger partial charge in [-0.15, -0.1) is 0 Å². The SMILES string of the molecule is COC(=O)c1ccccc1S(=O)(=O)Nc1ccc2nc(C3CCCO3)[nH]c2c1. The van der Waals surface area contributed by atoms with Crippen molar-refractivity contribution in [2.45, 2.75) is 23.8 Å². The highest BCUT2D eigenvalue weighted by Crippen LogP contribution is 2.29. The number of ether oxygens (including phenoxy) is 2. The van der Waals surface area contributed by atoms with Crippen molar-refractivity contribution in [1.82, 2.24) is 9.97 Å². The molecule has 1 aliphatic heterocycles. The minimum Gasteiger partial charge on any atom is -0.465 e. The third kappa shape index (κ3) is 3.46. The summed E-state index contributed by atoms with van der Waals surface area (Å²) in [5, 5.41) is 0. The van der Waals surface area contributed by atoms with Gasteiger partial charge in [-0.05, 0) is 43.2 Å². The zero-order chi connectivity index (χ0) is 19.7. The number of fused-ring (bicyclic) bond motifs is 1. The van der Waals surface area contributed by atoms with Gasteiger partial charge < -0.3 is 14.5 Å². The lowest BCUT2D eigenvalue weighted by molar-refractivity contribution is 0.0596. The number of sulfonamides is 1. The second-order valence-electron chi connectivity index (χ2n) is 6.45. The van der Waals surface area contributed by atoms with Crippen LogP contribution in [0.3, 0.4) is 0 Å². The molecule has 0 spiro atoms. The normalized spacial score (nSPS) is 17.0. The van der Waals surface area contributed by atoms with Crippen LogP contribution in [-0.2, 0) is 19.5 Å². The molecule has 2 heterocycles. The van der Waals surface area contributed by atoms with E-state index in [0.717, 1.165) is 24.2 Å². The zero-order valence-electron chi connectivity index (χ0n) is 15.1. The number of benzene rings is 2. The minimum absolute atomic E-state index is 0.0270. The lowest BCUT2D eigenvalue weighted by Gasteiger charge is -2.11. The van der Waals surface area contributed by atoms with Crippen LogP contribution in [0.5, 0.6) is 0 Å². The topological polar surface area (TPSA) is 110 Å². The molecule has 2 N–H and O–H groups in total. The summed E-state index contributed by atoms with van der Waals surface area (Å²) in [4.78, 5) is 19.5. The van der Waals surface area contributed by atoms with Crippen LogP contribution in [0.1, 0.15) is 35.1 Å². The molecular formula is C19H19N3O5S. The van der Waals surface area contributed by atoms with Crippen LogP contribution in [0.25, 0.3) is 11.0 Å². The molecule has 1 aromatic heterocycles. The van der Waals surface area contributed by atoms with E-state index < -0.39 is 16.0 Å². The Kier molecular flexibility index (Phi) is 4.78. The van der Waals surface area contributed by atoms with E-state index in [9.17, 15) is 13.2 Å². The van der Waals surface area contributed by atoms with E-state index in [1.807, 2.05) is 0 Å². The molecular weight excluding hydrogens is 382 g/mol. The van der Waals surface area contributed by atoms with Crippen molar-refractivity contribution < 1.29 is 22.7 Å². The summed E-state index contributed by atoms with van der Waals surface area (Å²) >= 11 is 0. The first kappa shape index (κ1) is 18.5. The van der Waals surface area contributed by atoms with Gasteiger partial charge in [-0.25, -0.2) is 18.2 Å². The number of rotatable bonds is 5. The van der Waals surface area contributed by atoms with Crippen LogP contribution in [-0.4, -0.2) is 38.1 Å². The molecule has 1 saturated heterocycles. The number of methoxy groups -OCH3 is 1. The van der Waals surface area contributed by atoms with Gasteiger partial charge in [-0.2, -0.15) is 0 Å². The monoisotopic (exact) mass is 401 g/mol. The molecule has 0 amide bonds. The molecule has 0 bridgehead atoms. The third-order valence-electron chi connectivity index (χ3n) is 4.57. The van der Waals surface area contributed by atoms with Crippen molar-refractivity contribution in [2.75, 3.05) is 18.4 Å². The van der Waals surface area contributed by atoms with Gasteiger partial charge in [0, 0.05) is 6.61 Å². The maximum Gasteiger partial charge on any atom is 0.339 e. The Balaban J connectivity index is 1.65. The Labute approximate surface area is 161 Å². The van der Waals surface area contributed by atoms with Crippen molar-refractivity contribution in [3.05, 3.63) is 53.9 Å². The fraction of sp³-hybridized carbons (Fsp3) is 0.263. The Morgan fingerprint density at radius 3 is 2.86 bits per heavy atom. The van der Waals surface area contributed by atoms with Crippen LogP contribution >= 0.6 is 0 Å². The van der Waals surface area contributed by atoms with Gasteiger partial charge in [-0.1, -0.05) is 12.1 Å². The molecule has 8 nitrogen and oxygen atoms in total. The number of carbonyl (C=O) groups is 1. The van der Waals surface area contributed by atoms with Crippen LogP contribution < -0.4 is 4.72 Å². The van der Waals surface area contributed by atoms with E-state index in [1.54, 1.807) is 30.3 Å². The first-order valence-corrected chi connectivity index (χ1v) is 10.3. The highest BCUT2D eigenvalue weighted by atomic mass is 32.2. The van der Waals surface area contributed by atoms with E-state index in [-0.39, 0.29) is 16.6 Å². The van der Waals surface area contributed by atoms with Gasteiger partial charge in [0.15, 0.2) is 0 Å². The first-order chi connectivity index (χ1) is 13.5. The Morgan fingerprint density at radius 2 is 2.11 bits per heavy atom. The minimum atomic E-state index is -3.99. The number of aromatic amines is 1. The average molecular weight is 401 g/mol. The van der Waals surface area contributed by atoms with Gasteiger partial charge in [0.25, 0.3) is 10.0 Å². The predicted octanol–water partition coefficient (Wildman–Crippen LogP) is 3.00. The maximum absolute atomic E-state index is 12.8. The van der Waals surface area contributed by atoms with Gasteiger partial charge in [0.2, 0.25) is 0 Å². The third-order valence-corrected chi connectivity index (χ3v) is 6.01.